The molecule has 0 heterocycles. The van der Waals surface area contributed by atoms with E-state index in [4.69, 9.17) is 4.74 Å². The number of carbonyl (C=O) groups is 1. The second kappa shape index (κ2) is 8.02. The van der Waals surface area contributed by atoms with E-state index in [2.05, 4.69) is 9.44 Å². The number of hydrogen-bond acceptors (Lipinski definition) is 6. The number of methoxy groups -OCH3 is 1. The van der Waals surface area contributed by atoms with Gasteiger partial charge in [-0.25, -0.2) is 16.8 Å². The number of anilines is 1. The van der Waals surface area contributed by atoms with E-state index < -0.39 is 42.9 Å². The summed E-state index contributed by atoms with van der Waals surface area (Å²) in [4.78, 5) is 10.9. The molecule has 1 aromatic rings. The van der Waals surface area contributed by atoms with Gasteiger partial charge in [0, 0.05) is 6.07 Å². The molecule has 0 aliphatic carbocycles. The highest BCUT2D eigenvalue weighted by atomic mass is 32.2. The molecule has 0 radical (unpaired) electrons. The van der Waals surface area contributed by atoms with Crippen molar-refractivity contribution in [3.05, 3.63) is 18.2 Å². The lowest BCUT2D eigenvalue weighted by atomic mass is 10.1. The molecule has 0 amide bonds. The van der Waals surface area contributed by atoms with Gasteiger partial charge in [0.1, 0.15) is 16.7 Å². The van der Waals surface area contributed by atoms with Gasteiger partial charge >= 0.3 is 5.97 Å². The van der Waals surface area contributed by atoms with Crippen LogP contribution >= 0.6 is 0 Å². The molecule has 0 aliphatic rings. The summed E-state index contributed by atoms with van der Waals surface area (Å²) in [6.45, 7) is 4.50. The maximum atomic E-state index is 12.6. The van der Waals surface area contributed by atoms with Crippen LogP contribution in [0.1, 0.15) is 20.8 Å². The van der Waals surface area contributed by atoms with E-state index in [1.165, 1.54) is 26.2 Å². The molecule has 3 N–H and O–H groups in total. The Labute approximate surface area is 147 Å². The molecule has 0 aromatic heterocycles. The molecular weight excluding hydrogens is 372 g/mol. The van der Waals surface area contributed by atoms with Gasteiger partial charge in [-0.05, 0) is 25.0 Å². The van der Waals surface area contributed by atoms with Crippen LogP contribution < -0.4 is 14.2 Å². The summed E-state index contributed by atoms with van der Waals surface area (Å²) in [5.41, 5.74) is -0.221. The largest absolute Gasteiger partial charge is 0.497 e. The Hall–Kier alpha value is -1.85. The summed E-state index contributed by atoms with van der Waals surface area (Å²) < 4.78 is 58.1. The lowest BCUT2D eigenvalue weighted by Crippen LogP contribution is -2.44. The quantitative estimate of drug-likeness (QED) is 0.564. The van der Waals surface area contributed by atoms with Crippen LogP contribution in [0, 0.1) is 5.92 Å². The summed E-state index contributed by atoms with van der Waals surface area (Å²) in [7, 11) is -6.71. The maximum absolute atomic E-state index is 12.6. The molecule has 11 heteroatoms. The topological polar surface area (TPSA) is 139 Å². The Balaban J connectivity index is 3.41. The van der Waals surface area contributed by atoms with Gasteiger partial charge in [0.05, 0.1) is 18.6 Å². The predicted molar refractivity (Wildman–Crippen MR) is 92.7 cm³/mol. The average Bonchev–Trinajstić information content (AvgIpc) is 2.51. The van der Waals surface area contributed by atoms with Crippen LogP contribution in [-0.2, 0) is 24.8 Å². The van der Waals surface area contributed by atoms with Gasteiger partial charge in [-0.2, -0.15) is 4.72 Å². The molecule has 1 rings (SSSR count). The second-order valence-corrected chi connectivity index (χ2v) is 9.24. The highest BCUT2D eigenvalue weighted by Gasteiger charge is 2.30. The molecule has 0 saturated carbocycles. The average molecular weight is 394 g/mol. The first-order chi connectivity index (χ1) is 11.4. The Morgan fingerprint density at radius 3 is 2.28 bits per heavy atom. The van der Waals surface area contributed by atoms with Gasteiger partial charge in [-0.1, -0.05) is 13.8 Å². The fraction of sp³-hybridized carbons (Fsp3) is 0.500. The molecule has 0 spiro atoms. The van der Waals surface area contributed by atoms with Crippen LogP contribution in [0.3, 0.4) is 0 Å². The lowest BCUT2D eigenvalue weighted by molar-refractivity contribution is -0.140. The molecule has 25 heavy (non-hydrogen) atoms. The highest BCUT2D eigenvalue weighted by molar-refractivity contribution is 7.93. The molecule has 9 nitrogen and oxygen atoms in total. The number of carboxylic acids is 1. The third kappa shape index (κ3) is 5.58. The molecular formula is C14H22N2O7S2. The van der Waals surface area contributed by atoms with Crippen molar-refractivity contribution < 1.29 is 31.5 Å². The molecule has 1 aromatic carbocycles. The highest BCUT2D eigenvalue weighted by Crippen LogP contribution is 2.28. The number of aliphatic carboxylic acids is 1. The fourth-order valence-corrected chi connectivity index (χ4v) is 4.09. The van der Waals surface area contributed by atoms with Crippen LogP contribution in [0.5, 0.6) is 5.75 Å². The van der Waals surface area contributed by atoms with Crippen molar-refractivity contribution in [1.29, 1.82) is 0 Å². The van der Waals surface area contributed by atoms with Crippen molar-refractivity contribution in [1.82, 2.24) is 4.72 Å². The smallest absolute Gasteiger partial charge is 0.322 e. The second-order valence-electron chi connectivity index (χ2n) is 5.55. The van der Waals surface area contributed by atoms with Crippen molar-refractivity contribution in [2.24, 2.45) is 5.92 Å². The van der Waals surface area contributed by atoms with Crippen LogP contribution in [0.25, 0.3) is 0 Å². The summed E-state index contributed by atoms with van der Waals surface area (Å²) in [6.07, 6.45) is 0. The minimum absolute atomic E-state index is 0.221. The third-order valence-corrected chi connectivity index (χ3v) is 6.13. The van der Waals surface area contributed by atoms with Crippen molar-refractivity contribution in [3.63, 3.8) is 0 Å². The van der Waals surface area contributed by atoms with Crippen LogP contribution in [0.4, 0.5) is 5.69 Å². The first kappa shape index (κ1) is 21.2. The van der Waals surface area contributed by atoms with Gasteiger partial charge in [0.2, 0.25) is 20.0 Å². The fourth-order valence-electron chi connectivity index (χ4n) is 1.89. The maximum Gasteiger partial charge on any atom is 0.322 e. The summed E-state index contributed by atoms with van der Waals surface area (Å²) in [5, 5.41) is 9.17. The Kier molecular flexibility index (Phi) is 6.80. The molecule has 1 atom stereocenters. The van der Waals surface area contributed by atoms with Crippen molar-refractivity contribution in [3.8, 4) is 5.75 Å². The zero-order chi connectivity index (χ0) is 19.4. The molecule has 142 valence electrons. The van der Waals surface area contributed by atoms with E-state index in [-0.39, 0.29) is 17.2 Å². The minimum atomic E-state index is -4.30. The minimum Gasteiger partial charge on any atom is -0.497 e. The first-order valence-electron chi connectivity index (χ1n) is 7.37. The predicted octanol–water partition coefficient (Wildman–Crippen LogP) is 0.844. The number of ether oxygens (including phenoxy) is 1. The van der Waals surface area contributed by atoms with Gasteiger partial charge < -0.3 is 9.84 Å². The van der Waals surface area contributed by atoms with E-state index >= 15 is 0 Å². The summed E-state index contributed by atoms with van der Waals surface area (Å²) >= 11 is 0. The van der Waals surface area contributed by atoms with E-state index in [0.717, 1.165) is 6.07 Å². The van der Waals surface area contributed by atoms with Crippen molar-refractivity contribution in [2.45, 2.75) is 31.7 Å². The zero-order valence-corrected chi connectivity index (χ0v) is 15.9. The molecule has 0 aliphatic heterocycles. The first-order valence-corrected chi connectivity index (χ1v) is 10.5. The Morgan fingerprint density at radius 1 is 1.24 bits per heavy atom. The van der Waals surface area contributed by atoms with Gasteiger partial charge in [0.25, 0.3) is 0 Å². The molecule has 0 saturated heterocycles. The van der Waals surface area contributed by atoms with E-state index in [0.29, 0.717) is 0 Å². The number of benzene rings is 1. The van der Waals surface area contributed by atoms with Gasteiger partial charge in [-0.15, -0.1) is 0 Å². The molecule has 0 fully saturated rings. The van der Waals surface area contributed by atoms with Crippen LogP contribution in [0.2, 0.25) is 0 Å². The number of rotatable bonds is 9. The van der Waals surface area contributed by atoms with Crippen molar-refractivity contribution in [2.75, 3.05) is 17.6 Å². The number of nitrogens with one attached hydrogen (secondary N) is 2. The number of hydrogen-bond donors (Lipinski definition) is 3. The SMILES string of the molecule is CCS(=O)(=O)Nc1cc(OC)ccc1S(=O)(=O)NC(C(=O)O)C(C)C. The normalized spacial score (nSPS) is 13.5. The monoisotopic (exact) mass is 394 g/mol. The summed E-state index contributed by atoms with van der Waals surface area (Å²) in [6, 6.07) is 2.34. The Bertz CT molecular complexity index is 833. The number of sulfonamides is 2. The lowest BCUT2D eigenvalue weighted by Gasteiger charge is -2.20. The van der Waals surface area contributed by atoms with E-state index in [1.54, 1.807) is 13.8 Å². The van der Waals surface area contributed by atoms with E-state index in [1.807, 2.05) is 0 Å². The van der Waals surface area contributed by atoms with Crippen LogP contribution in [-0.4, -0.2) is 46.8 Å². The molecule has 0 bridgehead atoms. The standard InChI is InChI=1S/C14H22N2O7S2/c1-5-24(19,20)15-11-8-10(23-4)6-7-12(11)25(21,22)16-13(9(2)3)14(17)18/h6-9,13,15-16H,5H2,1-4H3,(H,17,18). The molecule has 1 unspecified atom stereocenters. The van der Waals surface area contributed by atoms with Gasteiger partial charge in [-0.3, -0.25) is 9.52 Å². The van der Waals surface area contributed by atoms with Crippen molar-refractivity contribution >= 4 is 31.7 Å². The zero-order valence-electron chi connectivity index (χ0n) is 14.3. The third-order valence-electron chi connectivity index (χ3n) is 3.34. The summed E-state index contributed by atoms with van der Waals surface area (Å²) in [5.74, 6) is -1.86. The van der Waals surface area contributed by atoms with E-state index in [9.17, 15) is 26.7 Å². The number of carboxylic acid groups (broad SMARTS) is 1. The van der Waals surface area contributed by atoms with Crippen LogP contribution in [0.15, 0.2) is 23.1 Å². The Morgan fingerprint density at radius 2 is 1.84 bits per heavy atom. The van der Waals surface area contributed by atoms with Gasteiger partial charge in [0.15, 0.2) is 0 Å².